The molecule has 0 saturated heterocycles. The highest BCUT2D eigenvalue weighted by Gasteiger charge is 2.25. The van der Waals surface area contributed by atoms with Gasteiger partial charge >= 0.3 is 0 Å². The van der Waals surface area contributed by atoms with Gasteiger partial charge in [0.15, 0.2) is 0 Å². The number of benzene rings is 1. The van der Waals surface area contributed by atoms with Crippen LogP contribution in [0.3, 0.4) is 0 Å². The Bertz CT molecular complexity index is 597. The first-order valence-electron chi connectivity index (χ1n) is 7.14. The highest BCUT2D eigenvalue weighted by Crippen LogP contribution is 2.26. The molecule has 0 bridgehead atoms. The third-order valence-electron chi connectivity index (χ3n) is 3.58. The second-order valence-electron chi connectivity index (χ2n) is 5.12. The number of fused-ring (bicyclic) bond motifs is 1. The minimum atomic E-state index is -0.105. The molecular weight excluding hydrogens is 268 g/mol. The van der Waals surface area contributed by atoms with Crippen molar-refractivity contribution in [3.05, 3.63) is 42.5 Å². The van der Waals surface area contributed by atoms with Crippen molar-refractivity contribution in [2.45, 2.75) is 19.4 Å². The van der Waals surface area contributed by atoms with Crippen LogP contribution in [0.4, 0.5) is 0 Å². The molecule has 1 aliphatic heterocycles. The van der Waals surface area contributed by atoms with Crippen molar-refractivity contribution in [2.24, 2.45) is 5.92 Å². The number of para-hydroxylation sites is 1. The van der Waals surface area contributed by atoms with Crippen molar-refractivity contribution < 1.29 is 9.53 Å². The molecule has 2 aromatic rings. The van der Waals surface area contributed by atoms with Crippen LogP contribution >= 0.6 is 0 Å². The van der Waals surface area contributed by atoms with E-state index in [1.807, 2.05) is 24.3 Å². The Labute approximate surface area is 123 Å². The number of carbonyl (C=O) groups excluding carboxylic acids is 1. The van der Waals surface area contributed by atoms with Gasteiger partial charge in [-0.3, -0.25) is 9.48 Å². The van der Waals surface area contributed by atoms with E-state index >= 15 is 0 Å². The Morgan fingerprint density at radius 3 is 3.19 bits per heavy atom. The number of nitrogens with zero attached hydrogens (tertiary/aromatic N) is 3. The molecule has 0 spiro atoms. The highest BCUT2D eigenvalue weighted by atomic mass is 16.5. The molecule has 1 aliphatic rings. The molecule has 1 N–H and O–H groups in total. The third kappa shape index (κ3) is 3.39. The molecule has 2 heterocycles. The van der Waals surface area contributed by atoms with Crippen molar-refractivity contribution >= 4 is 5.91 Å². The molecule has 21 heavy (non-hydrogen) atoms. The number of rotatable bonds is 5. The summed E-state index contributed by atoms with van der Waals surface area (Å²) >= 11 is 0. The summed E-state index contributed by atoms with van der Waals surface area (Å²) in [6.45, 7) is 1.84. The van der Waals surface area contributed by atoms with Gasteiger partial charge in [0.25, 0.3) is 0 Å². The van der Waals surface area contributed by atoms with Gasteiger partial charge < -0.3 is 10.1 Å². The zero-order chi connectivity index (χ0) is 14.5. The lowest BCUT2D eigenvalue weighted by atomic mass is 9.96. The lowest BCUT2D eigenvalue weighted by molar-refractivity contribution is -0.126. The summed E-state index contributed by atoms with van der Waals surface area (Å²) in [5.74, 6) is 0.849. The van der Waals surface area contributed by atoms with E-state index in [1.54, 1.807) is 11.0 Å². The lowest BCUT2D eigenvalue weighted by Gasteiger charge is -2.24. The van der Waals surface area contributed by atoms with Crippen LogP contribution in [0.5, 0.6) is 5.75 Å². The highest BCUT2D eigenvalue weighted by molar-refractivity contribution is 5.79. The maximum absolute atomic E-state index is 12.1. The van der Waals surface area contributed by atoms with Crippen LogP contribution in [-0.4, -0.2) is 33.8 Å². The molecule has 0 unspecified atom stereocenters. The quantitative estimate of drug-likeness (QED) is 0.834. The van der Waals surface area contributed by atoms with Crippen LogP contribution in [0, 0.1) is 5.92 Å². The van der Waals surface area contributed by atoms with Gasteiger partial charge in [-0.25, -0.2) is 4.98 Å². The standard InChI is InChI=1S/C15H18N4O2/c20-15(17-6-3-7-19-11-16-10-18-19)13-8-12-4-1-2-5-14(12)21-9-13/h1-2,4-5,10-11,13H,3,6-9H2,(H,17,20)/t13-/m1/s1. The van der Waals surface area contributed by atoms with Crippen LogP contribution in [0.2, 0.25) is 0 Å². The summed E-state index contributed by atoms with van der Waals surface area (Å²) in [5, 5.41) is 6.99. The third-order valence-corrected chi connectivity index (χ3v) is 3.58. The summed E-state index contributed by atoms with van der Waals surface area (Å²) in [7, 11) is 0. The van der Waals surface area contributed by atoms with Gasteiger partial charge in [0.1, 0.15) is 25.0 Å². The number of hydrogen-bond acceptors (Lipinski definition) is 4. The monoisotopic (exact) mass is 286 g/mol. The molecule has 1 aromatic carbocycles. The fourth-order valence-electron chi connectivity index (χ4n) is 2.44. The summed E-state index contributed by atoms with van der Waals surface area (Å²) in [5.41, 5.74) is 1.10. The van der Waals surface area contributed by atoms with Gasteiger partial charge in [-0.15, -0.1) is 0 Å². The van der Waals surface area contributed by atoms with E-state index in [0.717, 1.165) is 30.7 Å². The van der Waals surface area contributed by atoms with E-state index in [0.29, 0.717) is 13.2 Å². The predicted octanol–water partition coefficient (Wildman–Crippen LogP) is 1.04. The van der Waals surface area contributed by atoms with E-state index in [4.69, 9.17) is 4.74 Å². The summed E-state index contributed by atoms with van der Waals surface area (Å²) in [4.78, 5) is 16.0. The Morgan fingerprint density at radius 1 is 1.43 bits per heavy atom. The van der Waals surface area contributed by atoms with Gasteiger partial charge in [0.2, 0.25) is 5.91 Å². The molecule has 1 atom stereocenters. The molecule has 0 saturated carbocycles. The first kappa shape index (κ1) is 13.6. The topological polar surface area (TPSA) is 69.0 Å². The minimum Gasteiger partial charge on any atom is -0.492 e. The summed E-state index contributed by atoms with van der Waals surface area (Å²) in [6.07, 6.45) is 4.76. The largest absolute Gasteiger partial charge is 0.492 e. The van der Waals surface area contributed by atoms with Crippen LogP contribution in [0.1, 0.15) is 12.0 Å². The lowest BCUT2D eigenvalue weighted by Crippen LogP contribution is -2.38. The number of ether oxygens (including phenoxy) is 1. The van der Waals surface area contributed by atoms with Crippen LogP contribution in [0.25, 0.3) is 0 Å². The second kappa shape index (κ2) is 6.39. The molecule has 3 rings (SSSR count). The second-order valence-corrected chi connectivity index (χ2v) is 5.12. The molecule has 0 fully saturated rings. The summed E-state index contributed by atoms with van der Waals surface area (Å²) in [6, 6.07) is 7.88. The van der Waals surface area contributed by atoms with Crippen molar-refractivity contribution in [2.75, 3.05) is 13.2 Å². The van der Waals surface area contributed by atoms with Crippen molar-refractivity contribution in [3.8, 4) is 5.75 Å². The van der Waals surface area contributed by atoms with Crippen LogP contribution < -0.4 is 10.1 Å². The number of nitrogens with one attached hydrogen (secondary N) is 1. The Kier molecular flexibility index (Phi) is 4.14. The first-order valence-corrected chi connectivity index (χ1v) is 7.14. The maximum Gasteiger partial charge on any atom is 0.226 e. The Balaban J connectivity index is 1.44. The average Bonchev–Trinajstić information content (AvgIpc) is 3.04. The summed E-state index contributed by atoms with van der Waals surface area (Å²) < 4.78 is 7.40. The molecule has 6 heteroatoms. The number of carbonyl (C=O) groups is 1. The molecular formula is C15H18N4O2. The van der Waals surface area contributed by atoms with Gasteiger partial charge in [-0.2, -0.15) is 5.10 Å². The predicted molar refractivity (Wildman–Crippen MR) is 76.8 cm³/mol. The van der Waals surface area contributed by atoms with Crippen LogP contribution in [0.15, 0.2) is 36.9 Å². The van der Waals surface area contributed by atoms with Crippen molar-refractivity contribution in [3.63, 3.8) is 0 Å². The average molecular weight is 286 g/mol. The minimum absolute atomic E-state index is 0.0584. The molecule has 0 aliphatic carbocycles. The molecule has 1 amide bonds. The molecule has 6 nitrogen and oxygen atoms in total. The van der Waals surface area contributed by atoms with Gasteiger partial charge in [-0.05, 0) is 24.5 Å². The van der Waals surface area contributed by atoms with Gasteiger partial charge in [0.05, 0.1) is 5.92 Å². The van der Waals surface area contributed by atoms with Gasteiger partial charge in [0, 0.05) is 13.1 Å². The van der Waals surface area contributed by atoms with Crippen molar-refractivity contribution in [1.82, 2.24) is 20.1 Å². The van der Waals surface area contributed by atoms with E-state index < -0.39 is 0 Å². The SMILES string of the molecule is O=C(NCCCn1cncn1)[C@H]1COc2ccccc2C1. The number of amides is 1. The van der Waals surface area contributed by atoms with E-state index in [2.05, 4.69) is 15.4 Å². The smallest absolute Gasteiger partial charge is 0.226 e. The molecule has 110 valence electrons. The number of hydrogen-bond donors (Lipinski definition) is 1. The molecule has 0 radical (unpaired) electrons. The van der Waals surface area contributed by atoms with E-state index in [1.165, 1.54) is 6.33 Å². The molecule has 1 aromatic heterocycles. The van der Waals surface area contributed by atoms with Crippen LogP contribution in [-0.2, 0) is 17.8 Å². The van der Waals surface area contributed by atoms with E-state index in [-0.39, 0.29) is 11.8 Å². The first-order chi connectivity index (χ1) is 10.3. The van der Waals surface area contributed by atoms with Gasteiger partial charge in [-0.1, -0.05) is 18.2 Å². The number of aromatic nitrogens is 3. The van der Waals surface area contributed by atoms with E-state index in [9.17, 15) is 4.79 Å². The Morgan fingerprint density at radius 2 is 2.33 bits per heavy atom. The zero-order valence-electron chi connectivity index (χ0n) is 11.7. The Hall–Kier alpha value is -2.37. The normalized spacial score (nSPS) is 16.9. The number of aryl methyl sites for hydroxylation is 1. The van der Waals surface area contributed by atoms with Crippen molar-refractivity contribution in [1.29, 1.82) is 0 Å². The maximum atomic E-state index is 12.1. The fourth-order valence-corrected chi connectivity index (χ4v) is 2.44. The fraction of sp³-hybridized carbons (Fsp3) is 0.400. The zero-order valence-corrected chi connectivity index (χ0v) is 11.7.